The van der Waals surface area contributed by atoms with E-state index in [-0.39, 0.29) is 17.5 Å². The number of hydrogen-bond donors (Lipinski definition) is 1. The van der Waals surface area contributed by atoms with Gasteiger partial charge in [0.05, 0.1) is 5.54 Å². The summed E-state index contributed by atoms with van der Waals surface area (Å²) in [4.78, 5) is 21.1. The summed E-state index contributed by atoms with van der Waals surface area (Å²) in [5.41, 5.74) is 1.01. The zero-order valence-corrected chi connectivity index (χ0v) is 21.6. The number of para-hydroxylation sites is 1. The van der Waals surface area contributed by atoms with E-state index in [1.54, 1.807) is 0 Å². The molecular weight excluding hydrogens is 466 g/mol. The maximum Gasteiger partial charge on any atom is 0.226 e. The van der Waals surface area contributed by atoms with Gasteiger partial charge in [0.25, 0.3) is 0 Å². The van der Waals surface area contributed by atoms with Gasteiger partial charge in [0, 0.05) is 29.9 Å². The fraction of sp³-hybridized carbons (Fsp3) is 0.533. The minimum Gasteiger partial charge on any atom is -0.457 e. The predicted octanol–water partition coefficient (Wildman–Crippen LogP) is 6.71. The number of rotatable bonds is 7. The van der Waals surface area contributed by atoms with Crippen LogP contribution in [-0.2, 0) is 4.79 Å². The monoisotopic (exact) mass is 501 g/mol. The number of aliphatic imine (C=N–C) groups is 1. The second kappa shape index (κ2) is 9.13. The van der Waals surface area contributed by atoms with Crippen molar-refractivity contribution in [2.24, 2.45) is 22.7 Å². The molecule has 6 aliphatic rings. The summed E-state index contributed by atoms with van der Waals surface area (Å²) in [5, 5.41) is 4.36. The van der Waals surface area contributed by atoms with Gasteiger partial charge in [0.2, 0.25) is 5.91 Å². The highest BCUT2D eigenvalue weighted by atomic mass is 32.2. The highest BCUT2D eigenvalue weighted by Gasteiger charge is 2.52. The molecule has 4 bridgehead atoms. The molecule has 2 aromatic rings. The summed E-state index contributed by atoms with van der Waals surface area (Å²) >= 11 is 1.91. The molecule has 1 heterocycles. The van der Waals surface area contributed by atoms with Crippen LogP contribution >= 0.6 is 11.8 Å². The maximum absolute atomic E-state index is 13.0. The molecule has 6 heteroatoms. The van der Waals surface area contributed by atoms with Crippen molar-refractivity contribution < 1.29 is 9.53 Å². The molecule has 1 aliphatic heterocycles. The third-order valence-corrected chi connectivity index (χ3v) is 9.95. The summed E-state index contributed by atoms with van der Waals surface area (Å²) in [7, 11) is 0. The van der Waals surface area contributed by atoms with Crippen molar-refractivity contribution in [3.05, 3.63) is 54.6 Å². The van der Waals surface area contributed by atoms with E-state index in [0.717, 1.165) is 40.7 Å². The average molecular weight is 502 g/mol. The van der Waals surface area contributed by atoms with Crippen molar-refractivity contribution in [3.8, 4) is 11.5 Å². The van der Waals surface area contributed by atoms with Gasteiger partial charge in [-0.3, -0.25) is 9.79 Å². The fourth-order valence-electron chi connectivity index (χ4n) is 7.60. The third kappa shape index (κ3) is 4.65. The lowest BCUT2D eigenvalue weighted by Gasteiger charge is -2.55. The molecule has 1 N–H and O–H groups in total. The Kier molecular flexibility index (Phi) is 5.76. The predicted molar refractivity (Wildman–Crippen MR) is 146 cm³/mol. The van der Waals surface area contributed by atoms with E-state index in [4.69, 9.17) is 9.73 Å². The number of carbonyl (C=O) groups excluding carboxylic acids is 1. The van der Waals surface area contributed by atoms with Gasteiger partial charge in [-0.25, -0.2) is 0 Å². The van der Waals surface area contributed by atoms with E-state index in [1.807, 2.05) is 66.4 Å². The van der Waals surface area contributed by atoms with E-state index in [2.05, 4.69) is 10.2 Å². The first-order valence-corrected chi connectivity index (χ1v) is 14.7. The molecule has 0 aromatic heterocycles. The molecule has 5 saturated carbocycles. The van der Waals surface area contributed by atoms with E-state index in [9.17, 15) is 4.79 Å². The van der Waals surface area contributed by atoms with Crippen LogP contribution in [0.25, 0.3) is 0 Å². The normalized spacial score (nSPS) is 33.8. The van der Waals surface area contributed by atoms with Crippen LogP contribution in [0.4, 0.5) is 5.69 Å². The van der Waals surface area contributed by atoms with E-state index >= 15 is 0 Å². The quantitative estimate of drug-likeness (QED) is 0.458. The van der Waals surface area contributed by atoms with Gasteiger partial charge >= 0.3 is 0 Å². The smallest absolute Gasteiger partial charge is 0.226 e. The molecule has 1 amide bonds. The molecular formula is C30H35N3O2S. The number of anilines is 1. The molecule has 0 spiro atoms. The van der Waals surface area contributed by atoms with Crippen LogP contribution in [0.3, 0.4) is 0 Å². The molecule has 36 heavy (non-hydrogen) atoms. The molecule has 2 aromatic carbocycles. The highest BCUT2D eigenvalue weighted by molar-refractivity contribution is 8.14. The number of amides is 1. The third-order valence-electron chi connectivity index (χ3n) is 8.84. The Hall–Kier alpha value is -2.47. The number of hydrogen-bond acceptors (Lipinski definition) is 4. The number of thioether (sulfide) groups is 1. The molecule has 8 rings (SSSR count). The standard InChI is InChI=1S/C30H35N3O2S/c34-28(31-23-6-10-27(11-7-23)35-26-4-2-1-3-5-26)15-25-19-36-29(33(25)24-8-9-24)32-30-16-20-12-21(17-30)14-22(13-20)18-30/h1-7,10-11,20-22,24-25H,8-9,12-19H2,(H,31,34). The molecule has 5 nitrogen and oxygen atoms in total. The molecule has 188 valence electrons. The van der Waals surface area contributed by atoms with E-state index in [1.165, 1.54) is 56.5 Å². The molecule has 5 aliphatic carbocycles. The zero-order chi connectivity index (χ0) is 24.1. The van der Waals surface area contributed by atoms with Crippen LogP contribution in [0.15, 0.2) is 59.6 Å². The number of nitrogens with one attached hydrogen (secondary N) is 1. The Balaban J connectivity index is 0.999. The fourth-order valence-corrected chi connectivity index (χ4v) is 8.92. The van der Waals surface area contributed by atoms with Gasteiger partial charge in [0.1, 0.15) is 11.5 Å². The lowest BCUT2D eigenvalue weighted by atomic mass is 9.53. The molecule has 0 radical (unpaired) electrons. The molecule has 1 saturated heterocycles. The van der Waals surface area contributed by atoms with Crippen molar-refractivity contribution in [1.29, 1.82) is 0 Å². The Labute approximate surface area is 218 Å². The van der Waals surface area contributed by atoms with Crippen LogP contribution in [0.5, 0.6) is 11.5 Å². The topological polar surface area (TPSA) is 53.9 Å². The first-order chi connectivity index (χ1) is 17.6. The van der Waals surface area contributed by atoms with Crippen molar-refractivity contribution in [2.75, 3.05) is 11.1 Å². The van der Waals surface area contributed by atoms with Crippen LogP contribution in [-0.4, -0.2) is 39.4 Å². The average Bonchev–Trinajstić information content (AvgIpc) is 3.62. The minimum absolute atomic E-state index is 0.0824. The molecule has 1 atom stereocenters. The van der Waals surface area contributed by atoms with Crippen molar-refractivity contribution in [2.45, 2.75) is 75.4 Å². The van der Waals surface area contributed by atoms with Crippen LogP contribution in [0, 0.1) is 17.8 Å². The Morgan fingerprint density at radius 2 is 1.58 bits per heavy atom. The maximum atomic E-state index is 13.0. The van der Waals surface area contributed by atoms with Gasteiger partial charge in [-0.15, -0.1) is 0 Å². The van der Waals surface area contributed by atoms with Crippen LogP contribution in [0.1, 0.15) is 57.8 Å². The van der Waals surface area contributed by atoms with E-state index < -0.39 is 0 Å². The van der Waals surface area contributed by atoms with Gasteiger partial charge < -0.3 is 15.0 Å². The second-order valence-corrected chi connectivity index (χ2v) is 12.8. The summed E-state index contributed by atoms with van der Waals surface area (Å²) in [6.07, 6.45) is 11.3. The Morgan fingerprint density at radius 3 is 2.22 bits per heavy atom. The van der Waals surface area contributed by atoms with Gasteiger partial charge in [-0.05, 0) is 106 Å². The lowest BCUT2D eigenvalue weighted by Crippen LogP contribution is -2.50. The van der Waals surface area contributed by atoms with Gasteiger partial charge in [0.15, 0.2) is 5.17 Å². The van der Waals surface area contributed by atoms with Gasteiger partial charge in [-0.2, -0.15) is 0 Å². The first kappa shape index (κ1) is 22.7. The summed E-state index contributed by atoms with van der Waals surface area (Å²) in [6, 6.07) is 18.2. The SMILES string of the molecule is O=C(CC1CSC(=NC23CC4CC(CC(C4)C2)C3)N1C1CC1)Nc1ccc(Oc2ccccc2)cc1. The summed E-state index contributed by atoms with van der Waals surface area (Å²) in [6.45, 7) is 0. The lowest BCUT2D eigenvalue weighted by molar-refractivity contribution is -0.116. The van der Waals surface area contributed by atoms with Crippen molar-refractivity contribution in [1.82, 2.24) is 4.90 Å². The second-order valence-electron chi connectivity index (χ2n) is 11.8. The number of ether oxygens (including phenoxy) is 1. The molecule has 1 unspecified atom stereocenters. The van der Waals surface area contributed by atoms with E-state index in [0.29, 0.717) is 12.5 Å². The number of benzene rings is 2. The van der Waals surface area contributed by atoms with Crippen molar-refractivity contribution >= 4 is 28.5 Å². The van der Waals surface area contributed by atoms with Crippen LogP contribution < -0.4 is 10.1 Å². The van der Waals surface area contributed by atoms with Gasteiger partial charge in [-0.1, -0.05) is 30.0 Å². The number of amidine groups is 1. The number of carbonyl (C=O) groups is 1. The number of nitrogens with zero attached hydrogens (tertiary/aromatic N) is 2. The summed E-state index contributed by atoms with van der Waals surface area (Å²) in [5.74, 6) is 5.35. The Morgan fingerprint density at radius 1 is 0.944 bits per heavy atom. The highest BCUT2D eigenvalue weighted by Crippen LogP contribution is 2.57. The zero-order valence-electron chi connectivity index (χ0n) is 20.8. The van der Waals surface area contributed by atoms with Crippen LogP contribution in [0.2, 0.25) is 0 Å². The Bertz CT molecular complexity index is 1110. The first-order valence-electron chi connectivity index (χ1n) is 13.7. The largest absolute Gasteiger partial charge is 0.457 e. The molecule has 6 fully saturated rings. The summed E-state index contributed by atoms with van der Waals surface area (Å²) < 4.78 is 5.87. The van der Waals surface area contributed by atoms with Crippen molar-refractivity contribution in [3.63, 3.8) is 0 Å². The minimum atomic E-state index is 0.0824.